The SMILES string of the molecule is CCC(C)(CNC1CC1)CN(C)CC(C)(C)O. The molecule has 1 rings (SSSR count). The summed E-state index contributed by atoms with van der Waals surface area (Å²) in [5, 5.41) is 13.5. The summed E-state index contributed by atoms with van der Waals surface area (Å²) in [5.41, 5.74) is -0.296. The van der Waals surface area contributed by atoms with Gasteiger partial charge in [0.25, 0.3) is 0 Å². The van der Waals surface area contributed by atoms with Gasteiger partial charge in [0.05, 0.1) is 5.60 Å². The van der Waals surface area contributed by atoms with Crippen molar-refractivity contribution in [2.24, 2.45) is 5.41 Å². The smallest absolute Gasteiger partial charge is 0.0718 e. The second-order valence-corrected chi connectivity index (χ2v) is 6.80. The fourth-order valence-electron chi connectivity index (χ4n) is 2.34. The first kappa shape index (κ1) is 14.9. The summed E-state index contributed by atoms with van der Waals surface area (Å²) >= 11 is 0. The molecule has 1 aliphatic carbocycles. The van der Waals surface area contributed by atoms with Gasteiger partial charge < -0.3 is 15.3 Å². The molecule has 0 radical (unpaired) electrons. The van der Waals surface area contributed by atoms with E-state index in [0.717, 1.165) is 25.7 Å². The lowest BCUT2D eigenvalue weighted by molar-refractivity contribution is 0.0314. The van der Waals surface area contributed by atoms with E-state index in [9.17, 15) is 5.11 Å². The largest absolute Gasteiger partial charge is 0.389 e. The van der Waals surface area contributed by atoms with Crippen LogP contribution in [0.25, 0.3) is 0 Å². The van der Waals surface area contributed by atoms with Gasteiger partial charge in [0.1, 0.15) is 0 Å². The fourth-order valence-corrected chi connectivity index (χ4v) is 2.34. The monoisotopic (exact) mass is 242 g/mol. The quantitative estimate of drug-likeness (QED) is 0.682. The Balaban J connectivity index is 2.36. The first-order valence-electron chi connectivity index (χ1n) is 6.88. The van der Waals surface area contributed by atoms with Gasteiger partial charge in [-0.3, -0.25) is 0 Å². The highest BCUT2D eigenvalue weighted by atomic mass is 16.3. The Morgan fingerprint density at radius 3 is 2.24 bits per heavy atom. The summed E-state index contributed by atoms with van der Waals surface area (Å²) in [4.78, 5) is 2.25. The van der Waals surface area contributed by atoms with Gasteiger partial charge in [0.15, 0.2) is 0 Å². The molecule has 102 valence electrons. The molecular formula is C14H30N2O. The second kappa shape index (κ2) is 5.68. The van der Waals surface area contributed by atoms with Gasteiger partial charge in [-0.05, 0) is 45.6 Å². The molecule has 2 N–H and O–H groups in total. The number of likely N-dealkylation sites (N-methyl/N-ethyl adjacent to an activating group) is 1. The maximum atomic E-state index is 9.83. The second-order valence-electron chi connectivity index (χ2n) is 6.80. The number of aliphatic hydroxyl groups is 1. The molecule has 1 unspecified atom stereocenters. The molecule has 0 bridgehead atoms. The highest BCUT2D eigenvalue weighted by Crippen LogP contribution is 2.25. The van der Waals surface area contributed by atoms with Crippen LogP contribution in [0.2, 0.25) is 0 Å². The van der Waals surface area contributed by atoms with Gasteiger partial charge in [-0.25, -0.2) is 0 Å². The number of hydrogen-bond acceptors (Lipinski definition) is 3. The number of nitrogens with zero attached hydrogens (tertiary/aromatic N) is 1. The van der Waals surface area contributed by atoms with Crippen LogP contribution in [-0.4, -0.2) is 48.3 Å². The van der Waals surface area contributed by atoms with Crippen LogP contribution in [0.15, 0.2) is 0 Å². The molecule has 1 fully saturated rings. The van der Waals surface area contributed by atoms with Crippen LogP contribution in [0.1, 0.15) is 47.0 Å². The van der Waals surface area contributed by atoms with Gasteiger partial charge in [-0.2, -0.15) is 0 Å². The minimum atomic E-state index is -0.604. The molecule has 0 aromatic heterocycles. The van der Waals surface area contributed by atoms with Crippen molar-refractivity contribution in [2.45, 2.75) is 58.6 Å². The van der Waals surface area contributed by atoms with Crippen LogP contribution < -0.4 is 5.32 Å². The third kappa shape index (κ3) is 6.39. The average Bonchev–Trinajstić information content (AvgIpc) is 2.95. The van der Waals surface area contributed by atoms with E-state index in [1.807, 2.05) is 13.8 Å². The van der Waals surface area contributed by atoms with E-state index in [1.165, 1.54) is 19.3 Å². The number of hydrogen-bond donors (Lipinski definition) is 2. The number of rotatable bonds is 8. The minimum Gasteiger partial charge on any atom is -0.389 e. The van der Waals surface area contributed by atoms with Gasteiger partial charge in [-0.15, -0.1) is 0 Å². The molecule has 0 heterocycles. The maximum absolute atomic E-state index is 9.83. The molecule has 1 atom stereocenters. The van der Waals surface area contributed by atoms with E-state index in [4.69, 9.17) is 0 Å². The molecule has 0 spiro atoms. The molecule has 1 aliphatic rings. The lowest BCUT2D eigenvalue weighted by Gasteiger charge is -2.35. The average molecular weight is 242 g/mol. The van der Waals surface area contributed by atoms with Crippen LogP contribution in [-0.2, 0) is 0 Å². The van der Waals surface area contributed by atoms with Crippen LogP contribution in [0.3, 0.4) is 0 Å². The zero-order valence-electron chi connectivity index (χ0n) is 12.2. The van der Waals surface area contributed by atoms with Crippen LogP contribution >= 0.6 is 0 Å². The first-order valence-corrected chi connectivity index (χ1v) is 6.88. The summed E-state index contributed by atoms with van der Waals surface area (Å²) in [6.07, 6.45) is 3.86. The van der Waals surface area contributed by atoms with E-state index in [-0.39, 0.29) is 0 Å². The van der Waals surface area contributed by atoms with E-state index in [0.29, 0.717) is 5.41 Å². The summed E-state index contributed by atoms with van der Waals surface area (Å²) in [5.74, 6) is 0. The van der Waals surface area contributed by atoms with Crippen molar-refractivity contribution in [3.05, 3.63) is 0 Å². The molecule has 17 heavy (non-hydrogen) atoms. The maximum Gasteiger partial charge on any atom is 0.0718 e. The molecule has 0 aromatic rings. The highest BCUT2D eigenvalue weighted by Gasteiger charge is 2.29. The van der Waals surface area contributed by atoms with Crippen LogP contribution in [0, 0.1) is 5.41 Å². The Kier molecular flexibility index (Phi) is 4.99. The summed E-state index contributed by atoms with van der Waals surface area (Å²) in [6, 6.07) is 0.778. The highest BCUT2D eigenvalue weighted by molar-refractivity contribution is 4.87. The Bertz CT molecular complexity index is 233. The molecule has 1 saturated carbocycles. The molecule has 0 amide bonds. The standard InChI is InChI=1S/C14H30N2O/c1-6-14(4,9-15-12-7-8-12)11-16(5)10-13(2,3)17/h12,15,17H,6-11H2,1-5H3. The normalized spacial score (nSPS) is 20.6. The van der Waals surface area contributed by atoms with E-state index >= 15 is 0 Å². The van der Waals surface area contributed by atoms with Gasteiger partial charge in [-0.1, -0.05) is 13.8 Å². The van der Waals surface area contributed by atoms with Crippen molar-refractivity contribution in [1.29, 1.82) is 0 Å². The predicted molar refractivity (Wildman–Crippen MR) is 73.2 cm³/mol. The minimum absolute atomic E-state index is 0.308. The molecule has 3 heteroatoms. The first-order chi connectivity index (χ1) is 7.74. The zero-order valence-corrected chi connectivity index (χ0v) is 12.2. The van der Waals surface area contributed by atoms with Crippen LogP contribution in [0.5, 0.6) is 0 Å². The molecule has 3 nitrogen and oxygen atoms in total. The van der Waals surface area contributed by atoms with Crippen molar-refractivity contribution in [2.75, 3.05) is 26.7 Å². The Morgan fingerprint density at radius 2 is 1.82 bits per heavy atom. The van der Waals surface area contributed by atoms with Crippen molar-refractivity contribution in [3.8, 4) is 0 Å². The third-order valence-electron chi connectivity index (χ3n) is 3.56. The third-order valence-corrected chi connectivity index (χ3v) is 3.56. The Morgan fingerprint density at radius 1 is 1.24 bits per heavy atom. The predicted octanol–water partition coefficient (Wildman–Crippen LogP) is 1.86. The van der Waals surface area contributed by atoms with Gasteiger partial charge in [0, 0.05) is 25.7 Å². The van der Waals surface area contributed by atoms with Crippen LogP contribution in [0.4, 0.5) is 0 Å². The lowest BCUT2D eigenvalue weighted by atomic mass is 9.86. The summed E-state index contributed by atoms with van der Waals surface area (Å²) in [7, 11) is 2.10. The van der Waals surface area contributed by atoms with E-state index in [1.54, 1.807) is 0 Å². The van der Waals surface area contributed by atoms with Crippen molar-refractivity contribution >= 4 is 0 Å². The summed E-state index contributed by atoms with van der Waals surface area (Å²) < 4.78 is 0. The molecule has 0 saturated heterocycles. The summed E-state index contributed by atoms with van der Waals surface area (Å²) in [6.45, 7) is 11.2. The molecular weight excluding hydrogens is 212 g/mol. The zero-order chi connectivity index (χ0) is 13.1. The Hall–Kier alpha value is -0.120. The van der Waals surface area contributed by atoms with Gasteiger partial charge in [0.2, 0.25) is 0 Å². The number of nitrogens with one attached hydrogen (secondary N) is 1. The lowest BCUT2D eigenvalue weighted by Crippen LogP contribution is -2.45. The van der Waals surface area contributed by atoms with E-state index in [2.05, 4.69) is 31.1 Å². The van der Waals surface area contributed by atoms with Gasteiger partial charge >= 0.3 is 0 Å². The van der Waals surface area contributed by atoms with Crippen molar-refractivity contribution < 1.29 is 5.11 Å². The van der Waals surface area contributed by atoms with E-state index < -0.39 is 5.60 Å². The molecule has 0 aromatic carbocycles. The Labute approximate surface area is 107 Å². The topological polar surface area (TPSA) is 35.5 Å². The fraction of sp³-hybridized carbons (Fsp3) is 1.00. The van der Waals surface area contributed by atoms with Crippen molar-refractivity contribution in [1.82, 2.24) is 10.2 Å². The van der Waals surface area contributed by atoms with Crippen molar-refractivity contribution in [3.63, 3.8) is 0 Å². The molecule has 0 aliphatic heterocycles.